The van der Waals surface area contributed by atoms with Gasteiger partial charge >= 0.3 is 0 Å². The van der Waals surface area contributed by atoms with Crippen LogP contribution in [-0.4, -0.2) is 69.1 Å². The van der Waals surface area contributed by atoms with Crippen molar-refractivity contribution in [1.29, 1.82) is 0 Å². The van der Waals surface area contributed by atoms with E-state index in [-0.39, 0.29) is 11.8 Å². The van der Waals surface area contributed by atoms with Gasteiger partial charge in [0, 0.05) is 26.2 Å². The summed E-state index contributed by atoms with van der Waals surface area (Å²) in [4.78, 5) is 14.7. The molecule has 2 rings (SSSR count). The van der Waals surface area contributed by atoms with Crippen LogP contribution in [0.25, 0.3) is 0 Å². The maximum Gasteiger partial charge on any atom is 0.224 e. The fraction of sp³-hybridized carbons (Fsp3) is 0.933. The fourth-order valence-corrected chi connectivity index (χ4v) is 4.26. The van der Waals surface area contributed by atoms with E-state index in [0.29, 0.717) is 25.6 Å². The Kier molecular flexibility index (Phi) is 6.23. The molecule has 6 nitrogen and oxygen atoms in total. The molecule has 0 aliphatic carbocycles. The van der Waals surface area contributed by atoms with Gasteiger partial charge in [-0.3, -0.25) is 4.79 Å². The van der Waals surface area contributed by atoms with Crippen molar-refractivity contribution in [3.05, 3.63) is 0 Å². The van der Waals surface area contributed by atoms with Crippen LogP contribution in [0.1, 0.15) is 32.6 Å². The van der Waals surface area contributed by atoms with E-state index in [2.05, 4.69) is 17.1 Å². The van der Waals surface area contributed by atoms with E-state index in [1.165, 1.54) is 36.5 Å². The predicted molar refractivity (Wildman–Crippen MR) is 87.0 cm³/mol. The molecule has 2 saturated heterocycles. The number of piperidine rings is 1. The molecule has 1 N–H and O–H groups in total. The lowest BCUT2D eigenvalue weighted by molar-refractivity contribution is -0.126. The van der Waals surface area contributed by atoms with Gasteiger partial charge in [-0.25, -0.2) is 12.7 Å². The molecule has 2 heterocycles. The number of hydrogen-bond acceptors (Lipinski definition) is 4. The van der Waals surface area contributed by atoms with Gasteiger partial charge in [0.2, 0.25) is 15.9 Å². The van der Waals surface area contributed by atoms with Crippen molar-refractivity contribution in [3.63, 3.8) is 0 Å². The predicted octanol–water partition coefficient (Wildman–Crippen LogP) is 0.506. The zero-order valence-corrected chi connectivity index (χ0v) is 14.6. The van der Waals surface area contributed by atoms with Crippen molar-refractivity contribution in [2.24, 2.45) is 11.8 Å². The number of likely N-dealkylation sites (tertiary alicyclic amines) is 1. The van der Waals surface area contributed by atoms with Crippen LogP contribution in [0.2, 0.25) is 0 Å². The second-order valence-corrected chi connectivity index (χ2v) is 8.80. The third-order valence-electron chi connectivity index (χ3n) is 4.62. The molecule has 0 aromatic heterocycles. The first-order chi connectivity index (χ1) is 10.4. The van der Waals surface area contributed by atoms with Crippen molar-refractivity contribution in [2.75, 3.05) is 45.5 Å². The Morgan fingerprint density at radius 1 is 1.23 bits per heavy atom. The Morgan fingerprint density at radius 2 is 1.91 bits per heavy atom. The average Bonchev–Trinajstić information content (AvgIpc) is 2.97. The molecule has 2 aliphatic rings. The van der Waals surface area contributed by atoms with Gasteiger partial charge in [0.25, 0.3) is 0 Å². The molecule has 22 heavy (non-hydrogen) atoms. The maximum atomic E-state index is 12.3. The summed E-state index contributed by atoms with van der Waals surface area (Å²) < 4.78 is 24.6. The van der Waals surface area contributed by atoms with Crippen LogP contribution in [-0.2, 0) is 14.8 Å². The minimum Gasteiger partial charge on any atom is -0.356 e. The van der Waals surface area contributed by atoms with Crippen molar-refractivity contribution < 1.29 is 13.2 Å². The van der Waals surface area contributed by atoms with Crippen LogP contribution in [0.5, 0.6) is 0 Å². The minimum atomic E-state index is -3.19. The number of hydrogen-bond donors (Lipinski definition) is 1. The molecule has 7 heteroatoms. The number of carbonyl (C=O) groups is 1. The molecule has 0 radical (unpaired) electrons. The summed E-state index contributed by atoms with van der Waals surface area (Å²) in [6.45, 7) is 7.06. The first kappa shape index (κ1) is 17.7. The largest absolute Gasteiger partial charge is 0.356 e. The Morgan fingerprint density at radius 3 is 2.55 bits per heavy atom. The topological polar surface area (TPSA) is 69.7 Å². The van der Waals surface area contributed by atoms with Gasteiger partial charge in [0.1, 0.15) is 0 Å². The van der Waals surface area contributed by atoms with Crippen LogP contribution in [0.15, 0.2) is 0 Å². The normalized spacial score (nSPS) is 26.0. The minimum absolute atomic E-state index is 0.00150. The van der Waals surface area contributed by atoms with Crippen molar-refractivity contribution in [1.82, 2.24) is 14.5 Å². The first-order valence-corrected chi connectivity index (χ1v) is 10.2. The quantitative estimate of drug-likeness (QED) is 0.770. The first-order valence-electron chi connectivity index (χ1n) is 8.31. The summed E-state index contributed by atoms with van der Waals surface area (Å²) in [5, 5.41) is 3.01. The van der Waals surface area contributed by atoms with E-state index in [1.54, 1.807) is 0 Å². The molecule has 0 saturated carbocycles. The highest BCUT2D eigenvalue weighted by atomic mass is 32.2. The summed E-state index contributed by atoms with van der Waals surface area (Å²) >= 11 is 0. The van der Waals surface area contributed by atoms with Crippen LogP contribution in [0.4, 0.5) is 0 Å². The number of carbonyl (C=O) groups excluding carboxylic acids is 1. The highest BCUT2D eigenvalue weighted by Crippen LogP contribution is 2.19. The van der Waals surface area contributed by atoms with Gasteiger partial charge in [-0.1, -0.05) is 6.92 Å². The molecule has 0 aromatic carbocycles. The van der Waals surface area contributed by atoms with Crippen molar-refractivity contribution in [2.45, 2.75) is 32.6 Å². The van der Waals surface area contributed by atoms with Crippen LogP contribution in [0, 0.1) is 11.8 Å². The summed E-state index contributed by atoms with van der Waals surface area (Å²) in [7, 11) is -3.19. The van der Waals surface area contributed by atoms with Crippen LogP contribution in [0.3, 0.4) is 0 Å². The zero-order valence-electron chi connectivity index (χ0n) is 13.8. The highest BCUT2D eigenvalue weighted by Gasteiger charge is 2.30. The van der Waals surface area contributed by atoms with Crippen LogP contribution >= 0.6 is 0 Å². The Labute approximate surface area is 134 Å². The Balaban J connectivity index is 1.74. The SMILES string of the molecule is CC(CNC(=O)C1CCCN(S(C)(=O)=O)C1)CN1CCCC1. The van der Waals surface area contributed by atoms with Gasteiger partial charge in [0.15, 0.2) is 0 Å². The van der Waals surface area contributed by atoms with E-state index in [0.717, 1.165) is 19.4 Å². The summed E-state index contributed by atoms with van der Waals surface area (Å²) in [6.07, 6.45) is 5.31. The number of sulfonamides is 1. The van der Waals surface area contributed by atoms with E-state index in [9.17, 15) is 13.2 Å². The lowest BCUT2D eigenvalue weighted by Crippen LogP contribution is -2.46. The number of amides is 1. The third-order valence-corrected chi connectivity index (χ3v) is 5.89. The molecule has 0 spiro atoms. The van der Waals surface area contributed by atoms with Crippen molar-refractivity contribution >= 4 is 15.9 Å². The van der Waals surface area contributed by atoms with Gasteiger partial charge < -0.3 is 10.2 Å². The van der Waals surface area contributed by atoms with Crippen molar-refractivity contribution in [3.8, 4) is 0 Å². The fourth-order valence-electron chi connectivity index (χ4n) is 3.35. The molecule has 1 amide bonds. The second-order valence-electron chi connectivity index (χ2n) is 6.82. The average molecular weight is 331 g/mol. The molecule has 2 aliphatic heterocycles. The third kappa shape index (κ3) is 5.21. The standard InChI is InChI=1S/C15H29N3O3S/c1-13(11-17-7-3-4-8-17)10-16-15(19)14-6-5-9-18(12-14)22(2,20)21/h13-14H,3-12H2,1-2H3,(H,16,19). The van der Waals surface area contributed by atoms with E-state index < -0.39 is 10.0 Å². The summed E-state index contributed by atoms with van der Waals surface area (Å²) in [6, 6.07) is 0. The number of nitrogens with one attached hydrogen (secondary N) is 1. The molecular weight excluding hydrogens is 302 g/mol. The van der Waals surface area contributed by atoms with E-state index in [1.807, 2.05) is 0 Å². The number of nitrogens with zero attached hydrogens (tertiary/aromatic N) is 2. The molecule has 0 aromatic rings. The Bertz CT molecular complexity index is 474. The smallest absolute Gasteiger partial charge is 0.224 e. The second kappa shape index (κ2) is 7.75. The summed E-state index contributed by atoms with van der Waals surface area (Å²) in [5.74, 6) is 0.223. The lowest BCUT2D eigenvalue weighted by Gasteiger charge is -2.30. The van der Waals surface area contributed by atoms with Gasteiger partial charge in [-0.15, -0.1) is 0 Å². The molecule has 2 unspecified atom stereocenters. The molecule has 2 fully saturated rings. The summed E-state index contributed by atoms with van der Waals surface area (Å²) in [5.41, 5.74) is 0. The van der Waals surface area contributed by atoms with E-state index in [4.69, 9.17) is 0 Å². The lowest BCUT2D eigenvalue weighted by atomic mass is 9.98. The maximum absolute atomic E-state index is 12.3. The Hall–Kier alpha value is -0.660. The monoisotopic (exact) mass is 331 g/mol. The zero-order chi connectivity index (χ0) is 16.2. The van der Waals surface area contributed by atoms with Crippen LogP contribution < -0.4 is 5.32 Å². The molecular formula is C15H29N3O3S. The number of rotatable bonds is 6. The van der Waals surface area contributed by atoms with Gasteiger partial charge in [-0.2, -0.15) is 0 Å². The molecule has 128 valence electrons. The van der Waals surface area contributed by atoms with E-state index >= 15 is 0 Å². The molecule has 2 atom stereocenters. The van der Waals surface area contributed by atoms with Gasteiger partial charge in [-0.05, 0) is 44.7 Å². The van der Waals surface area contributed by atoms with Gasteiger partial charge in [0.05, 0.1) is 12.2 Å². The highest BCUT2D eigenvalue weighted by molar-refractivity contribution is 7.88. The molecule has 0 bridgehead atoms.